The summed E-state index contributed by atoms with van der Waals surface area (Å²) in [6, 6.07) is 13.3. The lowest BCUT2D eigenvalue weighted by atomic mass is 10.1. The van der Waals surface area contributed by atoms with Crippen molar-refractivity contribution < 1.29 is 23.8 Å². The first-order valence-corrected chi connectivity index (χ1v) is 8.29. The summed E-state index contributed by atoms with van der Waals surface area (Å²) in [4.78, 5) is 23.4. The predicted molar refractivity (Wildman–Crippen MR) is 92.3 cm³/mol. The average molecular weight is 340 g/mol. The lowest BCUT2D eigenvalue weighted by Gasteiger charge is -2.11. The van der Waals surface area contributed by atoms with Gasteiger partial charge in [0.2, 0.25) is 0 Å². The zero-order valence-corrected chi connectivity index (χ0v) is 14.1. The molecule has 0 saturated carbocycles. The van der Waals surface area contributed by atoms with Crippen LogP contribution in [0.2, 0.25) is 0 Å². The number of rotatable bonds is 6. The summed E-state index contributed by atoms with van der Waals surface area (Å²) in [5.74, 6) is 0.601. The number of ketones is 1. The molecular weight excluding hydrogens is 320 g/mol. The van der Waals surface area contributed by atoms with Crippen LogP contribution in [0.5, 0.6) is 11.5 Å². The van der Waals surface area contributed by atoms with Crippen molar-refractivity contribution in [1.29, 1.82) is 0 Å². The Kier molecular flexibility index (Phi) is 5.46. The fourth-order valence-corrected chi connectivity index (χ4v) is 2.58. The summed E-state index contributed by atoms with van der Waals surface area (Å²) in [7, 11) is 0. The number of hydrogen-bond acceptors (Lipinski definition) is 5. The molecule has 0 aromatic heterocycles. The highest BCUT2D eigenvalue weighted by Gasteiger charge is 2.16. The van der Waals surface area contributed by atoms with Gasteiger partial charge in [-0.15, -0.1) is 0 Å². The molecule has 3 rings (SSSR count). The number of Topliss-reactive ketones (excluding diaryl/α,β-unsaturated/α-hetero) is 1. The third-order valence-electron chi connectivity index (χ3n) is 4.02. The number of hydrogen-bond donors (Lipinski definition) is 0. The molecule has 25 heavy (non-hydrogen) atoms. The Labute approximate surface area is 146 Å². The van der Waals surface area contributed by atoms with Crippen molar-refractivity contribution in [2.75, 3.05) is 13.2 Å². The van der Waals surface area contributed by atoms with Crippen LogP contribution in [-0.4, -0.2) is 31.1 Å². The van der Waals surface area contributed by atoms with Crippen molar-refractivity contribution in [2.24, 2.45) is 0 Å². The van der Waals surface area contributed by atoms with Crippen molar-refractivity contribution in [1.82, 2.24) is 0 Å². The minimum atomic E-state index is -0.457. The first-order chi connectivity index (χ1) is 12.1. The highest BCUT2D eigenvalue weighted by molar-refractivity contribution is 5.94. The molecule has 5 heteroatoms. The molecule has 1 fully saturated rings. The fourth-order valence-electron chi connectivity index (χ4n) is 2.58. The summed E-state index contributed by atoms with van der Waals surface area (Å²) < 4.78 is 16.5. The minimum Gasteiger partial charge on any atom is -0.491 e. The molecule has 1 saturated heterocycles. The van der Waals surface area contributed by atoms with Gasteiger partial charge < -0.3 is 14.2 Å². The average Bonchev–Trinajstić information content (AvgIpc) is 3.14. The van der Waals surface area contributed by atoms with Crippen molar-refractivity contribution in [3.8, 4) is 11.5 Å². The highest BCUT2D eigenvalue weighted by atomic mass is 16.5. The first kappa shape index (κ1) is 17.2. The molecule has 0 aliphatic carbocycles. The van der Waals surface area contributed by atoms with E-state index < -0.39 is 5.97 Å². The number of carbonyl (C=O) groups is 2. The van der Waals surface area contributed by atoms with Crippen LogP contribution in [0.3, 0.4) is 0 Å². The number of esters is 1. The van der Waals surface area contributed by atoms with Crippen LogP contribution in [0.1, 0.15) is 40.5 Å². The van der Waals surface area contributed by atoms with Gasteiger partial charge in [0.05, 0.1) is 11.7 Å². The second-order valence-electron chi connectivity index (χ2n) is 5.94. The molecule has 0 radical (unpaired) electrons. The lowest BCUT2D eigenvalue weighted by Crippen LogP contribution is -2.16. The van der Waals surface area contributed by atoms with Crippen molar-refractivity contribution >= 4 is 11.8 Å². The Balaban J connectivity index is 1.55. The summed E-state index contributed by atoms with van der Waals surface area (Å²) in [5, 5.41) is 0. The Morgan fingerprint density at radius 2 is 1.64 bits per heavy atom. The van der Waals surface area contributed by atoms with E-state index in [4.69, 9.17) is 14.2 Å². The maximum Gasteiger partial charge on any atom is 0.343 e. The Hall–Kier alpha value is -2.66. The van der Waals surface area contributed by atoms with Gasteiger partial charge in [0.1, 0.15) is 18.1 Å². The molecule has 0 bridgehead atoms. The van der Waals surface area contributed by atoms with Gasteiger partial charge >= 0.3 is 5.97 Å². The van der Waals surface area contributed by atoms with E-state index in [9.17, 15) is 9.59 Å². The molecule has 2 aromatic carbocycles. The van der Waals surface area contributed by atoms with Crippen molar-refractivity contribution in [2.45, 2.75) is 25.9 Å². The first-order valence-electron chi connectivity index (χ1n) is 8.29. The number of ether oxygens (including phenoxy) is 3. The quantitative estimate of drug-likeness (QED) is 0.456. The van der Waals surface area contributed by atoms with E-state index >= 15 is 0 Å². The Bertz CT molecular complexity index is 728. The molecule has 1 heterocycles. The monoisotopic (exact) mass is 340 g/mol. The zero-order valence-electron chi connectivity index (χ0n) is 14.1. The van der Waals surface area contributed by atoms with Crippen LogP contribution in [0, 0.1) is 0 Å². The second kappa shape index (κ2) is 7.94. The topological polar surface area (TPSA) is 61.8 Å². The van der Waals surface area contributed by atoms with Gasteiger partial charge in [0, 0.05) is 12.2 Å². The molecule has 130 valence electrons. The normalized spacial score (nSPS) is 16.4. The maximum atomic E-state index is 12.2. The molecule has 0 N–H and O–H groups in total. The third-order valence-corrected chi connectivity index (χ3v) is 4.02. The fraction of sp³-hybridized carbons (Fsp3) is 0.300. The molecule has 1 aliphatic rings. The van der Waals surface area contributed by atoms with E-state index in [1.54, 1.807) is 48.5 Å². The number of benzene rings is 2. The Morgan fingerprint density at radius 1 is 1.00 bits per heavy atom. The molecule has 1 unspecified atom stereocenters. The van der Waals surface area contributed by atoms with E-state index in [0.717, 1.165) is 19.4 Å². The van der Waals surface area contributed by atoms with Crippen molar-refractivity contribution in [3.05, 3.63) is 59.7 Å². The van der Waals surface area contributed by atoms with Gasteiger partial charge in [-0.2, -0.15) is 0 Å². The van der Waals surface area contributed by atoms with E-state index in [0.29, 0.717) is 29.2 Å². The molecule has 5 nitrogen and oxygen atoms in total. The standard InChI is InChI=1S/C20H20O5/c1-14(21)15-4-10-18(11-5-15)25-20(22)16-6-8-17(9-7-16)24-13-19-3-2-12-23-19/h4-11,19H,2-3,12-13H2,1H3. The van der Waals surface area contributed by atoms with Crippen LogP contribution >= 0.6 is 0 Å². The predicted octanol–water partition coefficient (Wildman–Crippen LogP) is 3.67. The van der Waals surface area contributed by atoms with E-state index in [1.807, 2.05) is 0 Å². The summed E-state index contributed by atoms with van der Waals surface area (Å²) in [6.45, 7) is 2.81. The van der Waals surface area contributed by atoms with Crippen LogP contribution in [0.4, 0.5) is 0 Å². The summed E-state index contributed by atoms with van der Waals surface area (Å²) in [5.41, 5.74) is 1.01. The van der Waals surface area contributed by atoms with Gasteiger partial charge in [-0.25, -0.2) is 4.79 Å². The molecule has 0 amide bonds. The smallest absolute Gasteiger partial charge is 0.343 e. The van der Waals surface area contributed by atoms with Gasteiger partial charge in [-0.3, -0.25) is 4.79 Å². The van der Waals surface area contributed by atoms with Crippen LogP contribution in [-0.2, 0) is 4.74 Å². The van der Waals surface area contributed by atoms with Crippen molar-refractivity contribution in [3.63, 3.8) is 0 Å². The van der Waals surface area contributed by atoms with Crippen LogP contribution < -0.4 is 9.47 Å². The van der Waals surface area contributed by atoms with Gasteiger partial charge in [0.15, 0.2) is 5.78 Å². The SMILES string of the molecule is CC(=O)c1ccc(OC(=O)c2ccc(OCC3CCCO3)cc2)cc1. The summed E-state index contributed by atoms with van der Waals surface area (Å²) >= 11 is 0. The van der Waals surface area contributed by atoms with Gasteiger partial charge in [-0.05, 0) is 68.3 Å². The minimum absolute atomic E-state index is 0.0310. The van der Waals surface area contributed by atoms with Crippen LogP contribution in [0.15, 0.2) is 48.5 Å². The van der Waals surface area contributed by atoms with E-state index in [-0.39, 0.29) is 11.9 Å². The van der Waals surface area contributed by atoms with Crippen LogP contribution in [0.25, 0.3) is 0 Å². The highest BCUT2D eigenvalue weighted by Crippen LogP contribution is 2.18. The molecular formula is C20H20O5. The molecule has 2 aromatic rings. The lowest BCUT2D eigenvalue weighted by molar-refractivity contribution is 0.0678. The second-order valence-corrected chi connectivity index (χ2v) is 5.94. The van der Waals surface area contributed by atoms with Gasteiger partial charge in [-0.1, -0.05) is 0 Å². The number of carbonyl (C=O) groups excluding carboxylic acids is 2. The maximum absolute atomic E-state index is 12.2. The van der Waals surface area contributed by atoms with E-state index in [2.05, 4.69) is 0 Å². The summed E-state index contributed by atoms with van der Waals surface area (Å²) in [6.07, 6.45) is 2.25. The Morgan fingerprint density at radius 3 is 2.24 bits per heavy atom. The molecule has 1 atom stereocenters. The molecule has 0 spiro atoms. The largest absolute Gasteiger partial charge is 0.491 e. The van der Waals surface area contributed by atoms with E-state index in [1.165, 1.54) is 6.92 Å². The molecule has 1 aliphatic heterocycles. The zero-order chi connectivity index (χ0) is 17.6. The van der Waals surface area contributed by atoms with Gasteiger partial charge in [0.25, 0.3) is 0 Å². The third kappa shape index (κ3) is 4.67.